The summed E-state index contributed by atoms with van der Waals surface area (Å²) in [5, 5.41) is 4.09. The van der Waals surface area contributed by atoms with E-state index in [1.165, 1.54) is 16.9 Å². The van der Waals surface area contributed by atoms with Gasteiger partial charge in [0.2, 0.25) is 0 Å². The average Bonchev–Trinajstić information content (AvgIpc) is 3.38. The first-order valence-electron chi connectivity index (χ1n) is 10.6. The van der Waals surface area contributed by atoms with E-state index in [1.807, 2.05) is 6.07 Å². The van der Waals surface area contributed by atoms with E-state index in [2.05, 4.69) is 46.4 Å². The third-order valence-corrected chi connectivity index (χ3v) is 7.00. The van der Waals surface area contributed by atoms with Gasteiger partial charge in [-0.1, -0.05) is 24.3 Å². The number of thiophene rings is 1. The molecule has 4 rings (SSSR count). The number of nitrogens with zero attached hydrogens (tertiary/aromatic N) is 2. The Morgan fingerprint density at radius 3 is 2.97 bits per heavy atom. The summed E-state index contributed by atoms with van der Waals surface area (Å²) in [7, 11) is 3.37. The van der Waals surface area contributed by atoms with Gasteiger partial charge >= 0.3 is 0 Å². The van der Waals surface area contributed by atoms with Crippen LogP contribution in [0.4, 0.5) is 0 Å². The van der Waals surface area contributed by atoms with Crippen molar-refractivity contribution in [3.05, 3.63) is 58.1 Å². The van der Waals surface area contributed by atoms with Crippen LogP contribution < -0.4 is 10.1 Å². The summed E-state index contributed by atoms with van der Waals surface area (Å²) in [4.78, 5) is 21.6. The molecule has 31 heavy (non-hydrogen) atoms. The van der Waals surface area contributed by atoms with Crippen molar-refractivity contribution in [2.45, 2.75) is 25.8 Å². The Hall–Kier alpha value is -2.48. The number of ether oxygens (including phenoxy) is 2. The second-order valence-electron chi connectivity index (χ2n) is 7.94. The average molecular weight is 440 g/mol. The van der Waals surface area contributed by atoms with Gasteiger partial charge < -0.3 is 14.8 Å². The molecule has 2 aromatic heterocycles. The molecule has 1 aliphatic heterocycles. The molecule has 1 fully saturated rings. The highest BCUT2D eigenvalue weighted by Gasteiger charge is 2.31. The number of para-hydroxylation sites is 1. The first kappa shape index (κ1) is 21.7. The molecule has 7 heteroatoms. The van der Waals surface area contributed by atoms with Crippen LogP contribution in [-0.2, 0) is 11.3 Å². The van der Waals surface area contributed by atoms with Gasteiger partial charge in [0.15, 0.2) is 0 Å². The number of fused-ring (bicyclic) bond motifs is 1. The number of pyridine rings is 1. The molecule has 0 unspecified atom stereocenters. The number of likely N-dealkylation sites (tertiary alicyclic amines) is 1. The molecule has 3 heterocycles. The van der Waals surface area contributed by atoms with E-state index in [0.29, 0.717) is 19.1 Å². The molecule has 0 saturated carbocycles. The van der Waals surface area contributed by atoms with Crippen molar-refractivity contribution in [1.29, 1.82) is 0 Å². The molecule has 1 N–H and O–H groups in total. The van der Waals surface area contributed by atoms with Gasteiger partial charge in [-0.3, -0.25) is 9.69 Å². The quantitative estimate of drug-likeness (QED) is 0.538. The molecule has 3 aromatic rings. The highest BCUT2D eigenvalue weighted by atomic mass is 32.1. The molecule has 1 amide bonds. The minimum atomic E-state index is -0.0335. The Labute approximate surface area is 187 Å². The molecule has 0 radical (unpaired) electrons. The van der Waals surface area contributed by atoms with Crippen molar-refractivity contribution in [2.24, 2.45) is 0 Å². The minimum Gasteiger partial charge on any atom is -0.496 e. The number of benzene rings is 1. The third-order valence-electron chi connectivity index (χ3n) is 5.87. The number of carbonyl (C=O) groups is 1. The highest BCUT2D eigenvalue weighted by molar-refractivity contribution is 7.20. The first-order valence-corrected chi connectivity index (χ1v) is 11.4. The van der Waals surface area contributed by atoms with Gasteiger partial charge in [-0.2, -0.15) is 0 Å². The van der Waals surface area contributed by atoms with Crippen LogP contribution in [0.25, 0.3) is 10.2 Å². The van der Waals surface area contributed by atoms with E-state index in [1.54, 1.807) is 20.4 Å². The van der Waals surface area contributed by atoms with E-state index >= 15 is 0 Å². The molecular weight excluding hydrogens is 410 g/mol. The lowest BCUT2D eigenvalue weighted by Crippen LogP contribution is -2.27. The Kier molecular flexibility index (Phi) is 6.85. The van der Waals surface area contributed by atoms with E-state index in [4.69, 9.17) is 9.47 Å². The largest absolute Gasteiger partial charge is 0.496 e. The van der Waals surface area contributed by atoms with Gasteiger partial charge in [0.1, 0.15) is 10.6 Å². The number of aryl methyl sites for hydroxylation is 1. The van der Waals surface area contributed by atoms with Crippen LogP contribution in [-0.4, -0.2) is 56.3 Å². The van der Waals surface area contributed by atoms with Crippen molar-refractivity contribution in [3.63, 3.8) is 0 Å². The Morgan fingerprint density at radius 1 is 1.29 bits per heavy atom. The van der Waals surface area contributed by atoms with E-state index in [0.717, 1.165) is 58.0 Å². The monoisotopic (exact) mass is 439 g/mol. The number of hydrogen-bond acceptors (Lipinski definition) is 6. The fraction of sp³-hybridized carbons (Fsp3) is 0.417. The molecule has 164 valence electrons. The first-order chi connectivity index (χ1) is 15.1. The topological polar surface area (TPSA) is 63.7 Å². The Bertz CT molecular complexity index is 1070. The summed E-state index contributed by atoms with van der Waals surface area (Å²) >= 11 is 1.49. The van der Waals surface area contributed by atoms with Crippen LogP contribution in [0.5, 0.6) is 5.75 Å². The smallest absolute Gasteiger partial charge is 0.261 e. The normalized spacial score (nSPS) is 16.7. The van der Waals surface area contributed by atoms with Crippen LogP contribution in [0.2, 0.25) is 0 Å². The zero-order valence-electron chi connectivity index (χ0n) is 18.3. The van der Waals surface area contributed by atoms with Crippen molar-refractivity contribution in [2.75, 3.05) is 40.5 Å². The summed E-state index contributed by atoms with van der Waals surface area (Å²) in [6.45, 7) is 5.82. The molecule has 1 saturated heterocycles. The molecule has 6 nitrogen and oxygen atoms in total. The standard InChI is InChI=1S/C24H29N3O3S/c1-16-6-4-7-18(21(16)30-3)15-27-12-9-17(14-27)20-19-8-5-10-26-24(19)31-22(20)23(28)25-11-13-29-2/h4-8,10,17H,9,11-15H2,1-3H3,(H,25,28)/t17-/m1/s1. The molecule has 0 aliphatic carbocycles. The van der Waals surface area contributed by atoms with E-state index < -0.39 is 0 Å². The number of rotatable bonds is 8. The number of amides is 1. The molecular formula is C24H29N3O3S. The van der Waals surface area contributed by atoms with Crippen molar-refractivity contribution >= 4 is 27.5 Å². The summed E-state index contributed by atoms with van der Waals surface area (Å²) in [6.07, 6.45) is 2.81. The molecule has 1 atom stereocenters. The van der Waals surface area contributed by atoms with Crippen LogP contribution in [0.15, 0.2) is 36.5 Å². The molecule has 0 bridgehead atoms. The fourth-order valence-electron chi connectivity index (χ4n) is 4.45. The lowest BCUT2D eigenvalue weighted by molar-refractivity contribution is 0.0940. The fourth-order valence-corrected chi connectivity index (χ4v) is 5.60. The van der Waals surface area contributed by atoms with Crippen LogP contribution >= 0.6 is 11.3 Å². The number of hydrogen-bond donors (Lipinski definition) is 1. The molecule has 1 aliphatic rings. The van der Waals surface area contributed by atoms with Gasteiger partial charge in [0.05, 0.1) is 18.6 Å². The van der Waals surface area contributed by atoms with Gasteiger partial charge in [-0.15, -0.1) is 11.3 Å². The van der Waals surface area contributed by atoms with Crippen molar-refractivity contribution in [3.8, 4) is 5.75 Å². The highest BCUT2D eigenvalue weighted by Crippen LogP contribution is 2.40. The van der Waals surface area contributed by atoms with E-state index in [-0.39, 0.29) is 5.91 Å². The summed E-state index contributed by atoms with van der Waals surface area (Å²) in [6, 6.07) is 10.3. The van der Waals surface area contributed by atoms with Gasteiger partial charge in [0, 0.05) is 49.8 Å². The second-order valence-corrected chi connectivity index (χ2v) is 8.94. The van der Waals surface area contributed by atoms with E-state index in [9.17, 15) is 4.79 Å². The number of aromatic nitrogens is 1. The third kappa shape index (κ3) is 4.59. The number of nitrogens with one attached hydrogen (secondary N) is 1. The Balaban J connectivity index is 1.57. The van der Waals surface area contributed by atoms with Crippen LogP contribution in [0.1, 0.15) is 38.7 Å². The maximum Gasteiger partial charge on any atom is 0.261 e. The summed E-state index contributed by atoms with van der Waals surface area (Å²) in [5.74, 6) is 1.24. The maximum atomic E-state index is 12.9. The second kappa shape index (κ2) is 9.77. The van der Waals surface area contributed by atoms with Gasteiger partial charge in [-0.05, 0) is 37.1 Å². The maximum absolute atomic E-state index is 12.9. The van der Waals surface area contributed by atoms with Crippen molar-refractivity contribution in [1.82, 2.24) is 15.2 Å². The lowest BCUT2D eigenvalue weighted by atomic mass is 9.95. The zero-order valence-corrected chi connectivity index (χ0v) is 19.1. The minimum absolute atomic E-state index is 0.0335. The molecule has 0 spiro atoms. The Morgan fingerprint density at radius 2 is 2.16 bits per heavy atom. The summed E-state index contributed by atoms with van der Waals surface area (Å²) < 4.78 is 10.7. The lowest BCUT2D eigenvalue weighted by Gasteiger charge is -2.19. The van der Waals surface area contributed by atoms with Crippen LogP contribution in [0.3, 0.4) is 0 Å². The van der Waals surface area contributed by atoms with Gasteiger partial charge in [0.25, 0.3) is 5.91 Å². The molecule has 1 aromatic carbocycles. The number of carbonyl (C=O) groups excluding carboxylic acids is 1. The predicted molar refractivity (Wildman–Crippen MR) is 124 cm³/mol. The van der Waals surface area contributed by atoms with Crippen LogP contribution in [0, 0.1) is 6.92 Å². The van der Waals surface area contributed by atoms with Gasteiger partial charge in [-0.25, -0.2) is 4.98 Å². The SMILES string of the molecule is COCCNC(=O)c1sc2ncccc2c1[C@@H]1CCN(Cc2cccc(C)c2OC)C1. The summed E-state index contributed by atoms with van der Waals surface area (Å²) in [5.41, 5.74) is 3.50. The number of methoxy groups -OCH3 is 2. The van der Waals surface area contributed by atoms with Crippen molar-refractivity contribution < 1.29 is 14.3 Å². The zero-order chi connectivity index (χ0) is 21.8. The predicted octanol–water partition coefficient (Wildman–Crippen LogP) is 3.98.